The van der Waals surface area contributed by atoms with Gasteiger partial charge in [0.25, 0.3) is 0 Å². The van der Waals surface area contributed by atoms with E-state index in [4.69, 9.17) is 9.84 Å². The van der Waals surface area contributed by atoms with Gasteiger partial charge in [0.2, 0.25) is 0 Å². The zero-order chi connectivity index (χ0) is 15.5. The van der Waals surface area contributed by atoms with E-state index < -0.39 is 5.97 Å². The number of carboxylic acid groups (broad SMARTS) is 1. The third-order valence-corrected chi connectivity index (χ3v) is 3.26. The van der Waals surface area contributed by atoms with E-state index in [-0.39, 0.29) is 12.2 Å². The Morgan fingerprint density at radius 2 is 1.76 bits per heavy atom. The molecule has 0 aromatic carbocycles. The van der Waals surface area contributed by atoms with E-state index in [9.17, 15) is 9.59 Å². The van der Waals surface area contributed by atoms with E-state index in [2.05, 4.69) is 0 Å². The van der Waals surface area contributed by atoms with Gasteiger partial charge in [0.1, 0.15) is 5.76 Å². The molecule has 4 heteroatoms. The van der Waals surface area contributed by atoms with Crippen molar-refractivity contribution in [3.8, 4) is 0 Å². The van der Waals surface area contributed by atoms with Crippen LogP contribution in [-0.4, -0.2) is 23.5 Å². The number of carbonyl (C=O) groups is 2. The van der Waals surface area contributed by atoms with Crippen LogP contribution in [0.5, 0.6) is 0 Å². The summed E-state index contributed by atoms with van der Waals surface area (Å²) in [6.07, 6.45) is 13.3. The summed E-state index contributed by atoms with van der Waals surface area (Å²) >= 11 is 0. The van der Waals surface area contributed by atoms with Gasteiger partial charge < -0.3 is 9.84 Å². The van der Waals surface area contributed by atoms with E-state index in [1.165, 1.54) is 0 Å². The van der Waals surface area contributed by atoms with Gasteiger partial charge in [0.15, 0.2) is 5.78 Å². The van der Waals surface area contributed by atoms with Gasteiger partial charge >= 0.3 is 5.97 Å². The second-order valence-electron chi connectivity index (χ2n) is 5.13. The molecule has 0 spiro atoms. The average molecular weight is 292 g/mol. The number of carboxylic acids is 1. The molecule has 0 atom stereocenters. The minimum absolute atomic E-state index is 0.0153. The second kappa shape index (κ2) is 9.97. The first-order valence-electron chi connectivity index (χ1n) is 7.54. The molecule has 1 rings (SSSR count). The van der Waals surface area contributed by atoms with Crippen LogP contribution in [0.2, 0.25) is 0 Å². The summed E-state index contributed by atoms with van der Waals surface area (Å²) in [5.74, 6) is -0.0566. The van der Waals surface area contributed by atoms with Crippen LogP contribution in [-0.2, 0) is 14.3 Å². The minimum Gasteiger partial charge on any atom is -0.493 e. The lowest BCUT2D eigenvalue weighted by atomic mass is 10.1. The average Bonchev–Trinajstić information content (AvgIpc) is 2.66. The van der Waals surface area contributed by atoms with Crippen LogP contribution >= 0.6 is 0 Å². The quantitative estimate of drug-likeness (QED) is 0.622. The summed E-state index contributed by atoms with van der Waals surface area (Å²) in [5, 5.41) is 8.53. The van der Waals surface area contributed by atoms with Crippen molar-refractivity contribution < 1.29 is 19.4 Å². The molecule has 0 saturated heterocycles. The first-order chi connectivity index (χ1) is 10.1. The summed E-state index contributed by atoms with van der Waals surface area (Å²) in [7, 11) is 0. The number of ketones is 1. The van der Waals surface area contributed by atoms with Crippen molar-refractivity contribution in [3.05, 3.63) is 35.6 Å². The number of carbonyl (C=O) groups excluding carboxylic acids is 1. The van der Waals surface area contributed by atoms with E-state index in [1.807, 2.05) is 24.3 Å². The van der Waals surface area contributed by atoms with Gasteiger partial charge in [-0.2, -0.15) is 0 Å². The lowest BCUT2D eigenvalue weighted by Gasteiger charge is -2.09. The van der Waals surface area contributed by atoms with Crippen molar-refractivity contribution in [3.63, 3.8) is 0 Å². The molecular formula is C17H24O4. The minimum atomic E-state index is -0.727. The molecule has 0 aliphatic heterocycles. The molecule has 0 aromatic rings. The van der Waals surface area contributed by atoms with Crippen molar-refractivity contribution >= 4 is 11.8 Å². The van der Waals surface area contributed by atoms with Crippen molar-refractivity contribution in [2.24, 2.45) is 0 Å². The number of hydrogen-bond donors (Lipinski definition) is 1. The molecule has 0 aromatic heterocycles. The molecule has 0 radical (unpaired) electrons. The van der Waals surface area contributed by atoms with Crippen molar-refractivity contribution in [1.29, 1.82) is 0 Å². The van der Waals surface area contributed by atoms with Gasteiger partial charge in [0.05, 0.1) is 12.2 Å². The predicted molar refractivity (Wildman–Crippen MR) is 81.9 cm³/mol. The van der Waals surface area contributed by atoms with Crippen LogP contribution in [0.25, 0.3) is 0 Å². The Bertz CT molecular complexity index is 444. The Morgan fingerprint density at radius 1 is 1.10 bits per heavy atom. The number of allylic oxidation sites excluding steroid dienone is 5. The topological polar surface area (TPSA) is 63.6 Å². The lowest BCUT2D eigenvalue weighted by molar-refractivity contribution is -0.137. The Balaban J connectivity index is 2.23. The molecule has 21 heavy (non-hydrogen) atoms. The Hall–Kier alpha value is -1.84. The molecule has 0 fully saturated rings. The number of unbranched alkanes of at least 4 members (excludes halogenated alkanes) is 4. The maximum absolute atomic E-state index is 11.6. The molecule has 1 aliphatic rings. The Morgan fingerprint density at radius 3 is 2.48 bits per heavy atom. The molecule has 1 N–H and O–H groups in total. The zero-order valence-corrected chi connectivity index (χ0v) is 12.6. The fourth-order valence-corrected chi connectivity index (χ4v) is 2.12. The van der Waals surface area contributed by atoms with Crippen molar-refractivity contribution in [1.82, 2.24) is 0 Å². The first kappa shape index (κ1) is 17.2. The van der Waals surface area contributed by atoms with E-state index in [0.717, 1.165) is 38.5 Å². The van der Waals surface area contributed by atoms with Gasteiger partial charge in [-0.15, -0.1) is 0 Å². The molecule has 0 unspecified atom stereocenters. The van der Waals surface area contributed by atoms with Crippen molar-refractivity contribution in [2.45, 2.75) is 51.9 Å². The Kier molecular flexibility index (Phi) is 8.17. The number of Topliss-reactive ketones (excluding diaryl/α,β-unsaturated/α-hetero) is 1. The van der Waals surface area contributed by atoms with E-state index in [0.29, 0.717) is 17.9 Å². The fourth-order valence-electron chi connectivity index (χ4n) is 2.12. The molecule has 0 amide bonds. The number of hydrogen-bond acceptors (Lipinski definition) is 3. The predicted octanol–water partition coefficient (Wildman–Crippen LogP) is 3.79. The van der Waals surface area contributed by atoms with Gasteiger partial charge in [-0.3, -0.25) is 9.59 Å². The monoisotopic (exact) mass is 292 g/mol. The number of ether oxygens (including phenoxy) is 1. The standard InChI is InChI=1S/C17H24O4/c1-14(18)15-10-6-5-7-11-16(15)21-13-9-4-2-3-8-12-17(19)20/h6-7,10-11H,2-5,8-9,12-13H2,1H3,(H,19,20). The normalized spacial score (nSPS) is 14.1. The van der Waals surface area contributed by atoms with Gasteiger partial charge in [-0.1, -0.05) is 37.5 Å². The fraction of sp³-hybridized carbons (Fsp3) is 0.529. The highest BCUT2D eigenvalue weighted by Crippen LogP contribution is 2.16. The summed E-state index contributed by atoms with van der Waals surface area (Å²) < 4.78 is 5.71. The highest BCUT2D eigenvalue weighted by Gasteiger charge is 2.09. The summed E-state index contributed by atoms with van der Waals surface area (Å²) in [4.78, 5) is 21.9. The molecule has 1 aliphatic carbocycles. The highest BCUT2D eigenvalue weighted by atomic mass is 16.5. The summed E-state index contributed by atoms with van der Waals surface area (Å²) in [6, 6.07) is 0. The molecule has 0 bridgehead atoms. The molecule has 0 saturated carbocycles. The van der Waals surface area contributed by atoms with Crippen molar-refractivity contribution in [2.75, 3.05) is 6.61 Å². The maximum atomic E-state index is 11.6. The lowest BCUT2D eigenvalue weighted by Crippen LogP contribution is -2.02. The van der Waals surface area contributed by atoms with Gasteiger partial charge in [-0.25, -0.2) is 0 Å². The van der Waals surface area contributed by atoms with Crippen LogP contribution < -0.4 is 0 Å². The summed E-state index contributed by atoms with van der Waals surface area (Å²) in [5.41, 5.74) is 0.630. The highest BCUT2D eigenvalue weighted by molar-refractivity contribution is 5.97. The molecule has 0 heterocycles. The van der Waals surface area contributed by atoms with Gasteiger partial charge in [-0.05, 0) is 32.3 Å². The van der Waals surface area contributed by atoms with Crippen LogP contribution in [0, 0.1) is 0 Å². The van der Waals surface area contributed by atoms with Gasteiger partial charge in [0, 0.05) is 6.42 Å². The van der Waals surface area contributed by atoms with Crippen LogP contribution in [0.3, 0.4) is 0 Å². The molecule has 116 valence electrons. The van der Waals surface area contributed by atoms with E-state index >= 15 is 0 Å². The maximum Gasteiger partial charge on any atom is 0.303 e. The second-order valence-corrected chi connectivity index (χ2v) is 5.13. The molecular weight excluding hydrogens is 268 g/mol. The van der Waals surface area contributed by atoms with Crippen LogP contribution in [0.15, 0.2) is 35.6 Å². The summed E-state index contributed by atoms with van der Waals surface area (Å²) in [6.45, 7) is 2.13. The Labute approximate surface area is 126 Å². The van der Waals surface area contributed by atoms with E-state index in [1.54, 1.807) is 6.92 Å². The zero-order valence-electron chi connectivity index (χ0n) is 12.6. The van der Waals surface area contributed by atoms with Crippen LogP contribution in [0.1, 0.15) is 51.9 Å². The smallest absolute Gasteiger partial charge is 0.303 e. The SMILES string of the molecule is CC(=O)C1=C(OCCCCCCCC(=O)O)C=CCC=C1. The first-order valence-corrected chi connectivity index (χ1v) is 7.54. The van der Waals surface area contributed by atoms with Crippen LogP contribution in [0.4, 0.5) is 0 Å². The largest absolute Gasteiger partial charge is 0.493 e. The third-order valence-electron chi connectivity index (χ3n) is 3.26. The third kappa shape index (κ3) is 7.49. The molecule has 4 nitrogen and oxygen atoms in total. The number of aliphatic carboxylic acids is 1. The number of rotatable bonds is 10.